The highest BCUT2D eigenvalue weighted by atomic mass is 32.2. The molecule has 0 rings (SSSR count). The summed E-state index contributed by atoms with van der Waals surface area (Å²) in [6, 6.07) is 0. The molecular weight excluding hydrogens is 234 g/mol. The van der Waals surface area contributed by atoms with Gasteiger partial charge in [-0.3, -0.25) is 4.79 Å². The Balaban J connectivity index is 5.04. The van der Waals surface area contributed by atoms with E-state index >= 15 is 0 Å². The predicted molar refractivity (Wildman–Crippen MR) is 59.6 cm³/mol. The zero-order valence-electron chi connectivity index (χ0n) is 9.97. The molecule has 96 valence electrons. The normalized spacial score (nSPS) is 15.1. The van der Waals surface area contributed by atoms with Crippen molar-refractivity contribution in [3.8, 4) is 0 Å². The Hall–Kier alpha value is -0.660. The maximum absolute atomic E-state index is 11.8. The predicted octanol–water partition coefficient (Wildman–Crippen LogP) is -0.118. The van der Waals surface area contributed by atoms with Crippen molar-refractivity contribution < 1.29 is 23.4 Å². The molecule has 0 aliphatic heterocycles. The summed E-state index contributed by atoms with van der Waals surface area (Å²) in [5.74, 6) is -1.39. The van der Waals surface area contributed by atoms with Crippen LogP contribution in [-0.4, -0.2) is 52.8 Å². The first-order chi connectivity index (χ1) is 7.02. The Labute approximate surface area is 95.9 Å². The van der Waals surface area contributed by atoms with E-state index in [-0.39, 0.29) is 13.1 Å². The molecule has 0 aromatic heterocycles. The number of sulfonamides is 1. The molecule has 0 bridgehead atoms. The number of likely N-dealkylation sites (N-methyl/N-ethyl adjacent to an activating group) is 1. The van der Waals surface area contributed by atoms with Gasteiger partial charge in [0, 0.05) is 13.1 Å². The minimum atomic E-state index is -3.91. The number of hydrogen-bond donors (Lipinski definition) is 2. The molecule has 0 aliphatic rings. The second-order valence-corrected chi connectivity index (χ2v) is 6.52. The Morgan fingerprint density at radius 2 is 1.88 bits per heavy atom. The molecule has 0 heterocycles. The van der Waals surface area contributed by atoms with E-state index in [1.807, 2.05) is 0 Å². The van der Waals surface area contributed by atoms with Gasteiger partial charge in [-0.2, -0.15) is 4.31 Å². The number of carboxylic acids is 1. The quantitative estimate of drug-likeness (QED) is 0.688. The van der Waals surface area contributed by atoms with E-state index in [9.17, 15) is 18.3 Å². The van der Waals surface area contributed by atoms with E-state index in [1.165, 1.54) is 13.8 Å². The maximum atomic E-state index is 11.8. The number of rotatable bonds is 6. The van der Waals surface area contributed by atoms with Gasteiger partial charge in [0.05, 0.1) is 5.60 Å². The number of aliphatic hydroxyl groups is 1. The summed E-state index contributed by atoms with van der Waals surface area (Å²) in [5, 5.41) is 16.7. The Morgan fingerprint density at radius 3 is 2.12 bits per heavy atom. The van der Waals surface area contributed by atoms with E-state index in [0.717, 1.165) is 11.2 Å². The van der Waals surface area contributed by atoms with Crippen molar-refractivity contribution in [2.45, 2.75) is 38.5 Å². The standard InChI is InChI=1S/C9H19NO5S/c1-5-10(6-9(3,4)13)16(14,15)7(2)8(11)12/h7,13H,5-6H2,1-4H3,(H,11,12). The molecule has 1 atom stereocenters. The van der Waals surface area contributed by atoms with Gasteiger partial charge < -0.3 is 10.2 Å². The lowest BCUT2D eigenvalue weighted by Crippen LogP contribution is -2.47. The van der Waals surface area contributed by atoms with Crippen LogP contribution in [0.1, 0.15) is 27.7 Å². The molecule has 0 saturated carbocycles. The molecule has 1 unspecified atom stereocenters. The van der Waals surface area contributed by atoms with Crippen molar-refractivity contribution in [1.82, 2.24) is 4.31 Å². The Morgan fingerprint density at radius 1 is 1.44 bits per heavy atom. The van der Waals surface area contributed by atoms with Gasteiger partial charge >= 0.3 is 5.97 Å². The van der Waals surface area contributed by atoms with Crippen molar-refractivity contribution in [3.63, 3.8) is 0 Å². The highest BCUT2D eigenvalue weighted by Crippen LogP contribution is 2.13. The summed E-state index contributed by atoms with van der Waals surface area (Å²) in [5.41, 5.74) is -1.19. The van der Waals surface area contributed by atoms with E-state index in [4.69, 9.17) is 5.11 Å². The van der Waals surface area contributed by atoms with Crippen LogP contribution in [0.25, 0.3) is 0 Å². The molecule has 7 heteroatoms. The van der Waals surface area contributed by atoms with Gasteiger partial charge in [0.2, 0.25) is 10.0 Å². The number of hydrogen-bond acceptors (Lipinski definition) is 4. The van der Waals surface area contributed by atoms with E-state index in [0.29, 0.717) is 0 Å². The average molecular weight is 253 g/mol. The third-order valence-electron chi connectivity index (χ3n) is 2.07. The van der Waals surface area contributed by atoms with Crippen molar-refractivity contribution in [2.24, 2.45) is 0 Å². The lowest BCUT2D eigenvalue weighted by atomic mass is 10.1. The van der Waals surface area contributed by atoms with Gasteiger partial charge in [0.15, 0.2) is 5.25 Å². The molecule has 0 spiro atoms. The topological polar surface area (TPSA) is 94.9 Å². The molecule has 2 N–H and O–H groups in total. The molecule has 0 fully saturated rings. The molecule has 0 aliphatic carbocycles. The van der Waals surface area contributed by atoms with Crippen LogP contribution in [-0.2, 0) is 14.8 Å². The summed E-state index contributed by atoms with van der Waals surface area (Å²) in [6.07, 6.45) is 0. The van der Waals surface area contributed by atoms with Gasteiger partial charge in [-0.25, -0.2) is 8.42 Å². The summed E-state index contributed by atoms with van der Waals surface area (Å²) in [4.78, 5) is 10.7. The van der Waals surface area contributed by atoms with E-state index in [2.05, 4.69) is 0 Å². The third-order valence-corrected chi connectivity index (χ3v) is 4.27. The Kier molecular flexibility index (Phi) is 4.90. The van der Waals surface area contributed by atoms with Crippen molar-refractivity contribution in [3.05, 3.63) is 0 Å². The lowest BCUT2D eigenvalue weighted by Gasteiger charge is -2.28. The smallest absolute Gasteiger partial charge is 0.323 e. The number of carboxylic acid groups (broad SMARTS) is 1. The molecule has 0 aromatic carbocycles. The SMILES string of the molecule is CCN(CC(C)(C)O)S(=O)(=O)C(C)C(=O)O. The van der Waals surface area contributed by atoms with Crippen LogP contribution in [0.4, 0.5) is 0 Å². The number of carbonyl (C=O) groups is 1. The van der Waals surface area contributed by atoms with Crippen molar-refractivity contribution in [1.29, 1.82) is 0 Å². The van der Waals surface area contributed by atoms with Crippen molar-refractivity contribution in [2.75, 3.05) is 13.1 Å². The fourth-order valence-electron chi connectivity index (χ4n) is 1.16. The van der Waals surface area contributed by atoms with Crippen LogP contribution in [0.2, 0.25) is 0 Å². The second kappa shape index (κ2) is 5.11. The monoisotopic (exact) mass is 253 g/mol. The molecular formula is C9H19NO5S. The molecule has 16 heavy (non-hydrogen) atoms. The van der Waals surface area contributed by atoms with Gasteiger partial charge in [0.1, 0.15) is 0 Å². The zero-order chi connectivity index (χ0) is 13.1. The van der Waals surface area contributed by atoms with Crippen LogP contribution in [0.5, 0.6) is 0 Å². The first-order valence-electron chi connectivity index (χ1n) is 4.96. The van der Waals surface area contributed by atoms with Crippen LogP contribution in [0.15, 0.2) is 0 Å². The summed E-state index contributed by atoms with van der Waals surface area (Å²) < 4.78 is 24.6. The van der Waals surface area contributed by atoms with Crippen LogP contribution < -0.4 is 0 Å². The molecule has 6 nitrogen and oxygen atoms in total. The minimum Gasteiger partial charge on any atom is -0.480 e. The van der Waals surface area contributed by atoms with Gasteiger partial charge in [-0.1, -0.05) is 6.92 Å². The van der Waals surface area contributed by atoms with Crippen LogP contribution >= 0.6 is 0 Å². The van der Waals surface area contributed by atoms with E-state index < -0.39 is 26.8 Å². The largest absolute Gasteiger partial charge is 0.480 e. The molecule has 0 aromatic rings. The van der Waals surface area contributed by atoms with Crippen molar-refractivity contribution >= 4 is 16.0 Å². The summed E-state index contributed by atoms with van der Waals surface area (Å²) in [7, 11) is -3.91. The highest BCUT2D eigenvalue weighted by Gasteiger charge is 2.35. The first-order valence-corrected chi connectivity index (χ1v) is 6.47. The molecule has 0 amide bonds. The van der Waals surface area contributed by atoms with E-state index in [1.54, 1.807) is 6.92 Å². The zero-order valence-corrected chi connectivity index (χ0v) is 10.8. The Bertz CT molecular complexity index is 343. The summed E-state index contributed by atoms with van der Waals surface area (Å²) in [6.45, 7) is 5.66. The average Bonchev–Trinajstić information content (AvgIpc) is 2.10. The molecule has 0 radical (unpaired) electrons. The first kappa shape index (κ1) is 15.3. The third kappa shape index (κ3) is 4.07. The van der Waals surface area contributed by atoms with Crippen LogP contribution in [0, 0.1) is 0 Å². The number of aliphatic carboxylic acids is 1. The highest BCUT2D eigenvalue weighted by molar-refractivity contribution is 7.90. The van der Waals surface area contributed by atoms with Gasteiger partial charge in [-0.05, 0) is 20.8 Å². The van der Waals surface area contributed by atoms with Crippen LogP contribution in [0.3, 0.4) is 0 Å². The fraction of sp³-hybridized carbons (Fsp3) is 0.889. The second-order valence-electron chi connectivity index (χ2n) is 4.26. The maximum Gasteiger partial charge on any atom is 0.323 e. The lowest BCUT2D eigenvalue weighted by molar-refractivity contribution is -0.136. The minimum absolute atomic E-state index is 0.122. The van der Waals surface area contributed by atoms with Gasteiger partial charge in [-0.15, -0.1) is 0 Å². The van der Waals surface area contributed by atoms with Gasteiger partial charge in [0.25, 0.3) is 0 Å². The summed E-state index contributed by atoms with van der Waals surface area (Å²) >= 11 is 0. The molecule has 0 saturated heterocycles. The fourth-order valence-corrected chi connectivity index (χ4v) is 2.72. The number of nitrogens with zero attached hydrogens (tertiary/aromatic N) is 1.